The van der Waals surface area contributed by atoms with Gasteiger partial charge in [-0.05, 0) is 36.7 Å². The third-order valence-electron chi connectivity index (χ3n) is 2.69. The van der Waals surface area contributed by atoms with Crippen LogP contribution in [0.15, 0.2) is 42.9 Å². The van der Waals surface area contributed by atoms with Crippen molar-refractivity contribution in [1.29, 1.82) is 0 Å². The molecule has 0 saturated heterocycles. The molecule has 0 aliphatic rings. The van der Waals surface area contributed by atoms with Crippen molar-refractivity contribution in [2.45, 2.75) is 19.9 Å². The van der Waals surface area contributed by atoms with Gasteiger partial charge >= 0.3 is 0 Å². The van der Waals surface area contributed by atoms with Gasteiger partial charge in [0.1, 0.15) is 0 Å². The number of nitrogens with zero attached hydrogens (tertiary/aromatic N) is 2. The summed E-state index contributed by atoms with van der Waals surface area (Å²) in [5.74, 6) is 0. The largest absolute Gasteiger partial charge is 0.306 e. The summed E-state index contributed by atoms with van der Waals surface area (Å²) >= 11 is 0. The number of hydrogen-bond donors (Lipinski definition) is 1. The number of rotatable bonds is 4. The monoisotopic (exact) mass is 227 g/mol. The second-order valence-corrected chi connectivity index (χ2v) is 4.01. The van der Waals surface area contributed by atoms with Crippen LogP contribution in [0.4, 0.5) is 0 Å². The molecule has 88 valence electrons. The Bertz CT molecular complexity index is 451. The van der Waals surface area contributed by atoms with Crippen LogP contribution in [0.2, 0.25) is 0 Å². The van der Waals surface area contributed by atoms with Crippen LogP contribution in [0.3, 0.4) is 0 Å². The summed E-state index contributed by atoms with van der Waals surface area (Å²) < 4.78 is 0. The van der Waals surface area contributed by atoms with Crippen molar-refractivity contribution in [1.82, 2.24) is 15.3 Å². The van der Waals surface area contributed by atoms with Crippen molar-refractivity contribution < 1.29 is 0 Å². The molecule has 2 rings (SSSR count). The number of pyridine rings is 2. The molecule has 1 N–H and O–H groups in total. The molecular formula is C14H17N3. The van der Waals surface area contributed by atoms with E-state index in [0.29, 0.717) is 0 Å². The minimum atomic E-state index is 0.168. The summed E-state index contributed by atoms with van der Waals surface area (Å²) in [7, 11) is 0. The Morgan fingerprint density at radius 2 is 2.00 bits per heavy atom. The minimum Gasteiger partial charge on any atom is -0.306 e. The first kappa shape index (κ1) is 11.7. The number of nitrogens with one attached hydrogen (secondary N) is 1. The summed E-state index contributed by atoms with van der Waals surface area (Å²) in [5.41, 5.74) is 3.38. The zero-order valence-corrected chi connectivity index (χ0v) is 10.2. The lowest BCUT2D eigenvalue weighted by Gasteiger charge is -2.18. The highest BCUT2D eigenvalue weighted by Gasteiger charge is 2.12. The Morgan fingerprint density at radius 1 is 1.18 bits per heavy atom. The SMILES string of the molecule is CCNC(c1cccnc1)c1ccc(C)nc1. The molecule has 17 heavy (non-hydrogen) atoms. The lowest BCUT2D eigenvalue weighted by Crippen LogP contribution is -2.22. The molecule has 0 spiro atoms. The summed E-state index contributed by atoms with van der Waals surface area (Å²) in [6.45, 7) is 5.01. The standard InChI is InChI=1S/C14H17N3/c1-3-16-14(12-5-4-8-15-9-12)13-7-6-11(2)17-10-13/h4-10,14,16H,3H2,1-2H3. The highest BCUT2D eigenvalue weighted by molar-refractivity contribution is 5.28. The van der Waals surface area contributed by atoms with Gasteiger partial charge in [0, 0.05) is 24.3 Å². The molecular weight excluding hydrogens is 210 g/mol. The molecule has 3 nitrogen and oxygen atoms in total. The normalized spacial score (nSPS) is 12.4. The second kappa shape index (κ2) is 5.55. The molecule has 0 amide bonds. The van der Waals surface area contributed by atoms with E-state index in [1.54, 1.807) is 6.20 Å². The Kier molecular flexibility index (Phi) is 3.83. The van der Waals surface area contributed by atoms with Gasteiger partial charge in [0.15, 0.2) is 0 Å². The summed E-state index contributed by atoms with van der Waals surface area (Å²) in [4.78, 5) is 8.52. The summed E-state index contributed by atoms with van der Waals surface area (Å²) in [6.07, 6.45) is 5.61. The van der Waals surface area contributed by atoms with Gasteiger partial charge in [0.2, 0.25) is 0 Å². The van der Waals surface area contributed by atoms with Gasteiger partial charge in [-0.1, -0.05) is 19.1 Å². The van der Waals surface area contributed by atoms with E-state index in [2.05, 4.69) is 34.3 Å². The molecule has 0 radical (unpaired) electrons. The van der Waals surface area contributed by atoms with Crippen LogP contribution in [0, 0.1) is 6.92 Å². The fourth-order valence-electron chi connectivity index (χ4n) is 1.83. The van der Waals surface area contributed by atoms with E-state index in [0.717, 1.165) is 12.2 Å². The first-order chi connectivity index (χ1) is 8.31. The van der Waals surface area contributed by atoms with Gasteiger partial charge in [-0.3, -0.25) is 9.97 Å². The van der Waals surface area contributed by atoms with E-state index in [1.807, 2.05) is 31.5 Å². The lowest BCUT2D eigenvalue weighted by molar-refractivity contribution is 0.626. The predicted molar refractivity (Wildman–Crippen MR) is 68.7 cm³/mol. The summed E-state index contributed by atoms with van der Waals surface area (Å²) in [5, 5.41) is 3.45. The van der Waals surface area contributed by atoms with Crippen molar-refractivity contribution in [3.63, 3.8) is 0 Å². The van der Waals surface area contributed by atoms with E-state index in [4.69, 9.17) is 0 Å². The third-order valence-corrected chi connectivity index (χ3v) is 2.69. The first-order valence-corrected chi connectivity index (χ1v) is 5.87. The maximum atomic E-state index is 4.35. The van der Waals surface area contributed by atoms with Gasteiger partial charge in [-0.2, -0.15) is 0 Å². The quantitative estimate of drug-likeness (QED) is 0.872. The smallest absolute Gasteiger partial charge is 0.0607 e. The predicted octanol–water partition coefficient (Wildman–Crippen LogP) is 2.48. The van der Waals surface area contributed by atoms with Crippen LogP contribution in [-0.4, -0.2) is 16.5 Å². The molecule has 0 aromatic carbocycles. The zero-order valence-electron chi connectivity index (χ0n) is 10.2. The van der Waals surface area contributed by atoms with Crippen LogP contribution >= 0.6 is 0 Å². The summed E-state index contributed by atoms with van der Waals surface area (Å²) in [6, 6.07) is 8.36. The van der Waals surface area contributed by atoms with Crippen LogP contribution in [-0.2, 0) is 0 Å². The van der Waals surface area contributed by atoms with Crippen molar-refractivity contribution in [3.8, 4) is 0 Å². The molecule has 1 atom stereocenters. The van der Waals surface area contributed by atoms with Gasteiger partial charge in [-0.15, -0.1) is 0 Å². The first-order valence-electron chi connectivity index (χ1n) is 5.87. The van der Waals surface area contributed by atoms with E-state index in [-0.39, 0.29) is 6.04 Å². The highest BCUT2D eigenvalue weighted by Crippen LogP contribution is 2.20. The van der Waals surface area contributed by atoms with Crippen LogP contribution in [0.1, 0.15) is 29.8 Å². The third kappa shape index (κ3) is 2.88. The maximum Gasteiger partial charge on any atom is 0.0607 e. The molecule has 1 unspecified atom stereocenters. The molecule has 0 aliphatic carbocycles. The van der Waals surface area contributed by atoms with Crippen LogP contribution in [0.5, 0.6) is 0 Å². The topological polar surface area (TPSA) is 37.8 Å². The van der Waals surface area contributed by atoms with Crippen molar-refractivity contribution >= 4 is 0 Å². The minimum absolute atomic E-state index is 0.168. The average molecular weight is 227 g/mol. The van der Waals surface area contributed by atoms with E-state index >= 15 is 0 Å². The Labute approximate surface area is 102 Å². The molecule has 0 aliphatic heterocycles. The average Bonchev–Trinajstić information content (AvgIpc) is 2.38. The maximum absolute atomic E-state index is 4.35. The van der Waals surface area contributed by atoms with Gasteiger partial charge in [-0.25, -0.2) is 0 Å². The van der Waals surface area contributed by atoms with Crippen molar-refractivity contribution in [2.24, 2.45) is 0 Å². The number of aryl methyl sites for hydroxylation is 1. The van der Waals surface area contributed by atoms with Gasteiger partial charge < -0.3 is 5.32 Å². The molecule has 0 fully saturated rings. The Balaban J connectivity index is 2.32. The Hall–Kier alpha value is -1.74. The zero-order chi connectivity index (χ0) is 12.1. The fraction of sp³-hybridized carbons (Fsp3) is 0.286. The Morgan fingerprint density at radius 3 is 2.59 bits per heavy atom. The van der Waals surface area contributed by atoms with Crippen LogP contribution in [0.25, 0.3) is 0 Å². The molecule has 2 aromatic rings. The van der Waals surface area contributed by atoms with Gasteiger partial charge in [0.05, 0.1) is 6.04 Å². The molecule has 2 aromatic heterocycles. The number of hydrogen-bond acceptors (Lipinski definition) is 3. The second-order valence-electron chi connectivity index (χ2n) is 4.01. The molecule has 0 bridgehead atoms. The highest BCUT2D eigenvalue weighted by atomic mass is 14.9. The fourth-order valence-corrected chi connectivity index (χ4v) is 1.83. The lowest BCUT2D eigenvalue weighted by atomic mass is 10.0. The molecule has 3 heteroatoms. The van der Waals surface area contributed by atoms with E-state index < -0.39 is 0 Å². The van der Waals surface area contributed by atoms with Crippen molar-refractivity contribution in [3.05, 3.63) is 59.7 Å². The molecule has 2 heterocycles. The van der Waals surface area contributed by atoms with E-state index in [1.165, 1.54) is 11.1 Å². The van der Waals surface area contributed by atoms with Gasteiger partial charge in [0.25, 0.3) is 0 Å². The van der Waals surface area contributed by atoms with Crippen molar-refractivity contribution in [2.75, 3.05) is 6.54 Å². The molecule has 0 saturated carbocycles. The number of aromatic nitrogens is 2. The van der Waals surface area contributed by atoms with Crippen LogP contribution < -0.4 is 5.32 Å². The van der Waals surface area contributed by atoms with E-state index in [9.17, 15) is 0 Å².